The van der Waals surface area contributed by atoms with E-state index < -0.39 is 0 Å². The maximum atomic E-state index is 7.07. The molecular weight excluding hydrogens is 585 g/mol. The molecule has 0 saturated heterocycles. The van der Waals surface area contributed by atoms with E-state index in [9.17, 15) is 0 Å². The summed E-state index contributed by atoms with van der Waals surface area (Å²) in [6.45, 7) is 21.1. The lowest BCUT2D eigenvalue weighted by molar-refractivity contribution is 0.402. The average molecular weight is 630 g/mol. The summed E-state index contributed by atoms with van der Waals surface area (Å²) < 4.78 is 14.0. The van der Waals surface area contributed by atoms with Gasteiger partial charge in [-0.2, -0.15) is 0 Å². The van der Waals surface area contributed by atoms with E-state index in [4.69, 9.17) is 9.47 Å². The summed E-state index contributed by atoms with van der Waals surface area (Å²) >= 11 is 0. The minimum absolute atomic E-state index is 0.0166. The first-order valence-electron chi connectivity index (χ1n) is 17.5. The topological polar surface area (TPSA) is 21.7 Å². The van der Waals surface area contributed by atoms with Crippen LogP contribution < -0.4 is 30.8 Å². The largest absolute Gasteiger partial charge is 0.458 e. The van der Waals surface area contributed by atoms with Crippen molar-refractivity contribution in [3.05, 3.63) is 119 Å². The van der Waals surface area contributed by atoms with Gasteiger partial charge in [0.1, 0.15) is 23.0 Å². The zero-order valence-electron chi connectivity index (χ0n) is 29.7. The van der Waals surface area contributed by atoms with Crippen LogP contribution in [0.15, 0.2) is 91.0 Å². The molecule has 9 rings (SSSR count). The van der Waals surface area contributed by atoms with Gasteiger partial charge in [-0.15, -0.1) is 0 Å². The highest BCUT2D eigenvalue weighted by Crippen LogP contribution is 2.54. The summed E-state index contributed by atoms with van der Waals surface area (Å²) in [5, 5.41) is 0. The van der Waals surface area contributed by atoms with Gasteiger partial charge in [0.2, 0.25) is 0 Å². The van der Waals surface area contributed by atoms with Crippen molar-refractivity contribution in [2.45, 2.75) is 90.4 Å². The second-order valence-corrected chi connectivity index (χ2v) is 17.4. The maximum Gasteiger partial charge on any atom is 0.260 e. The van der Waals surface area contributed by atoms with Crippen molar-refractivity contribution in [3.8, 4) is 23.0 Å². The average Bonchev–Trinajstić information content (AvgIpc) is 3.21. The molecule has 240 valence electrons. The Balaban J connectivity index is 1.30. The molecule has 4 aliphatic rings. The van der Waals surface area contributed by atoms with Gasteiger partial charge in [0.25, 0.3) is 6.71 Å². The molecule has 0 amide bonds. The van der Waals surface area contributed by atoms with Gasteiger partial charge in [0.05, 0.1) is 17.1 Å². The van der Waals surface area contributed by atoms with E-state index in [1.807, 2.05) is 0 Å². The molecule has 1 aliphatic carbocycles. The Kier molecular flexibility index (Phi) is 5.80. The fourth-order valence-electron chi connectivity index (χ4n) is 9.49. The van der Waals surface area contributed by atoms with Crippen molar-refractivity contribution >= 4 is 40.2 Å². The Bertz CT molecular complexity index is 2150. The predicted octanol–water partition coefficient (Wildman–Crippen LogP) is 9.78. The number of benzene rings is 5. The zero-order valence-corrected chi connectivity index (χ0v) is 29.7. The van der Waals surface area contributed by atoms with Crippen molar-refractivity contribution in [1.82, 2.24) is 0 Å². The zero-order chi connectivity index (χ0) is 33.5. The normalized spacial score (nSPS) is 18.4. The molecule has 48 heavy (non-hydrogen) atoms. The van der Waals surface area contributed by atoms with Crippen LogP contribution in [0.25, 0.3) is 0 Å². The van der Waals surface area contributed by atoms with Crippen LogP contribution in [0.1, 0.15) is 96.6 Å². The van der Waals surface area contributed by atoms with E-state index in [1.54, 1.807) is 0 Å². The Morgan fingerprint density at radius 3 is 1.73 bits per heavy atom. The number of nitrogens with zero attached hydrogens (tertiary/aromatic N) is 1. The monoisotopic (exact) mass is 629 g/mol. The van der Waals surface area contributed by atoms with Gasteiger partial charge in [-0.25, -0.2) is 0 Å². The fraction of sp³-hybridized carbons (Fsp3) is 0.318. The highest BCUT2D eigenvalue weighted by molar-refractivity contribution is 6.98. The molecule has 3 aliphatic heterocycles. The van der Waals surface area contributed by atoms with Crippen molar-refractivity contribution in [1.29, 1.82) is 0 Å². The molecule has 0 atom stereocenters. The quantitative estimate of drug-likeness (QED) is 0.169. The summed E-state index contributed by atoms with van der Waals surface area (Å²) in [6.07, 6.45) is 1.11. The summed E-state index contributed by atoms with van der Waals surface area (Å²) in [5.41, 5.74) is 13.8. The second-order valence-electron chi connectivity index (χ2n) is 17.4. The molecule has 4 heteroatoms. The standard InChI is InChI=1S/C44H44BNO2/c1-41(2,3)26-18-19-36-32(20-26)45-33-23-30-31(43(6,7)25-42(30,4)5)24-37(33)48-39-22-27(21-38(47-36)40(39)45)46-34-16-12-10-14-28(34)44(8,9)29-15-11-13-17-35(29)46/h10-24H,25H2,1-9H3. The van der Waals surface area contributed by atoms with Gasteiger partial charge >= 0.3 is 0 Å². The number of anilines is 3. The second kappa shape index (κ2) is 9.38. The SMILES string of the molecule is CC(C)(C)c1ccc2c(c1)B1c3cc4c(cc3Oc3cc(N5c6ccccc6C(C)(C)c6ccccc65)cc(c31)O2)C(C)(C)CC4(C)C. The third kappa shape index (κ3) is 4.01. The van der Waals surface area contributed by atoms with Crippen molar-refractivity contribution in [3.63, 3.8) is 0 Å². The van der Waals surface area contributed by atoms with Crippen molar-refractivity contribution in [2.24, 2.45) is 0 Å². The van der Waals surface area contributed by atoms with Crippen LogP contribution >= 0.6 is 0 Å². The molecule has 0 spiro atoms. The molecule has 3 nitrogen and oxygen atoms in total. The Labute approximate surface area is 286 Å². The molecule has 0 saturated carbocycles. The molecule has 0 radical (unpaired) electrons. The first-order valence-corrected chi connectivity index (χ1v) is 17.5. The van der Waals surface area contributed by atoms with Crippen LogP contribution in [-0.2, 0) is 21.7 Å². The van der Waals surface area contributed by atoms with Crippen LogP contribution in [0, 0.1) is 0 Å². The van der Waals surface area contributed by atoms with Crippen molar-refractivity contribution in [2.75, 3.05) is 4.90 Å². The van der Waals surface area contributed by atoms with Gasteiger partial charge in [-0.1, -0.05) is 117 Å². The highest BCUT2D eigenvalue weighted by atomic mass is 16.5. The van der Waals surface area contributed by atoms with Crippen molar-refractivity contribution < 1.29 is 9.47 Å². The molecule has 0 fully saturated rings. The molecule has 0 unspecified atom stereocenters. The lowest BCUT2D eigenvalue weighted by atomic mass is 9.34. The van der Waals surface area contributed by atoms with Gasteiger partial charge in [0, 0.05) is 23.0 Å². The number of fused-ring (bicyclic) bond motifs is 7. The summed E-state index contributed by atoms with van der Waals surface area (Å²) in [4.78, 5) is 2.40. The smallest absolute Gasteiger partial charge is 0.260 e. The Hall–Kier alpha value is -4.44. The van der Waals surface area contributed by atoms with Crippen LogP contribution in [0.5, 0.6) is 23.0 Å². The van der Waals surface area contributed by atoms with E-state index in [-0.39, 0.29) is 28.4 Å². The molecule has 0 bridgehead atoms. The number of rotatable bonds is 1. The van der Waals surface area contributed by atoms with Crippen LogP contribution in [-0.4, -0.2) is 6.71 Å². The van der Waals surface area contributed by atoms with Gasteiger partial charge in [-0.05, 0) is 85.7 Å². The Morgan fingerprint density at radius 1 is 0.583 bits per heavy atom. The number of ether oxygens (including phenoxy) is 2. The molecule has 3 heterocycles. The lowest BCUT2D eigenvalue weighted by Crippen LogP contribution is -2.58. The van der Waals surface area contributed by atoms with Crippen LogP contribution in [0.3, 0.4) is 0 Å². The first kappa shape index (κ1) is 29.7. The molecule has 0 aromatic heterocycles. The minimum atomic E-state index is -0.131. The highest BCUT2D eigenvalue weighted by Gasteiger charge is 2.47. The third-order valence-electron chi connectivity index (χ3n) is 11.7. The predicted molar refractivity (Wildman–Crippen MR) is 200 cm³/mol. The van der Waals surface area contributed by atoms with E-state index in [0.29, 0.717) is 0 Å². The molecule has 5 aromatic rings. The van der Waals surface area contributed by atoms with Gasteiger partial charge in [0.15, 0.2) is 0 Å². The fourth-order valence-corrected chi connectivity index (χ4v) is 9.49. The van der Waals surface area contributed by atoms with Crippen LogP contribution in [0.2, 0.25) is 0 Å². The summed E-state index contributed by atoms with van der Waals surface area (Å²) in [6, 6.07) is 33.8. The number of hydrogen-bond donors (Lipinski definition) is 0. The summed E-state index contributed by atoms with van der Waals surface area (Å²) in [7, 11) is 0. The number of hydrogen-bond acceptors (Lipinski definition) is 3. The number of para-hydroxylation sites is 2. The van der Waals surface area contributed by atoms with Gasteiger partial charge in [-0.3, -0.25) is 0 Å². The first-order chi connectivity index (χ1) is 22.6. The molecule has 5 aromatic carbocycles. The lowest BCUT2D eigenvalue weighted by Gasteiger charge is -2.42. The van der Waals surface area contributed by atoms with E-state index in [0.717, 1.165) is 40.6 Å². The minimum Gasteiger partial charge on any atom is -0.458 e. The van der Waals surface area contributed by atoms with E-state index >= 15 is 0 Å². The van der Waals surface area contributed by atoms with E-state index in [1.165, 1.54) is 50.1 Å². The summed E-state index contributed by atoms with van der Waals surface area (Å²) in [5.74, 6) is 3.64. The molecule has 0 N–H and O–H groups in total. The van der Waals surface area contributed by atoms with E-state index in [2.05, 4.69) is 158 Å². The Morgan fingerprint density at radius 2 is 1.12 bits per heavy atom. The van der Waals surface area contributed by atoms with Gasteiger partial charge < -0.3 is 14.4 Å². The molecular formula is C44H44BNO2. The third-order valence-corrected chi connectivity index (χ3v) is 11.7. The maximum absolute atomic E-state index is 7.07. The van der Waals surface area contributed by atoms with Crippen LogP contribution in [0.4, 0.5) is 17.1 Å².